The molecule has 1 N–H and O–H groups in total. The van der Waals surface area contributed by atoms with Crippen LogP contribution in [0.25, 0.3) is 0 Å². The van der Waals surface area contributed by atoms with Gasteiger partial charge in [0, 0.05) is 13.1 Å². The van der Waals surface area contributed by atoms with Gasteiger partial charge in [0.15, 0.2) is 0 Å². The molecule has 0 aliphatic carbocycles. The van der Waals surface area contributed by atoms with Gasteiger partial charge >= 0.3 is 32.0 Å². The Labute approximate surface area is 158 Å². The maximum atomic E-state index is 13.9. The van der Waals surface area contributed by atoms with Crippen LogP contribution in [0.2, 0.25) is 0 Å². The lowest BCUT2D eigenvalue weighted by atomic mass is 10.2. The van der Waals surface area contributed by atoms with Gasteiger partial charge in [-0.15, -0.1) is 0 Å². The summed E-state index contributed by atoms with van der Waals surface area (Å²) in [6.07, 6.45) is 0.0274. The zero-order chi connectivity index (χ0) is 23.3. The molecule has 1 aliphatic rings. The van der Waals surface area contributed by atoms with Gasteiger partial charge in [0.05, 0.1) is 0 Å². The number of halogens is 9. The maximum absolute atomic E-state index is 13.9. The lowest BCUT2D eigenvalue weighted by molar-refractivity contribution is -0.245. The van der Waals surface area contributed by atoms with E-state index in [1.165, 1.54) is 0 Å². The molecule has 1 heterocycles. The first-order valence-corrected chi connectivity index (χ1v) is 11.4. The molecule has 0 atom stereocenters. The maximum Gasteiger partial charge on any atom is 0.512 e. The van der Waals surface area contributed by atoms with Gasteiger partial charge in [-0.05, 0) is 12.8 Å². The molecule has 20 heteroatoms. The van der Waals surface area contributed by atoms with E-state index in [-0.39, 0.29) is 23.6 Å². The molecule has 1 saturated heterocycles. The zero-order valence-corrected chi connectivity index (χ0v) is 16.0. The van der Waals surface area contributed by atoms with Crippen LogP contribution in [0.15, 0.2) is 0 Å². The topological polar surface area (TPSA) is 118 Å². The Balaban J connectivity index is 3.47. The Bertz CT molecular complexity index is 937. The summed E-state index contributed by atoms with van der Waals surface area (Å²) in [5.41, 5.74) is -6.60. The quantitative estimate of drug-likeness (QED) is 0.518. The summed E-state index contributed by atoms with van der Waals surface area (Å²) < 4.78 is 185. The van der Waals surface area contributed by atoms with Crippen molar-refractivity contribution in [2.45, 2.75) is 41.2 Å². The van der Waals surface area contributed by atoms with Crippen LogP contribution in [-0.4, -0.2) is 64.6 Å². The highest BCUT2D eigenvalue weighted by atomic mass is 32.3. The number of sulfonamides is 3. The molecule has 0 radical (unpaired) electrons. The van der Waals surface area contributed by atoms with Crippen LogP contribution in [0.4, 0.5) is 39.5 Å². The molecule has 174 valence electrons. The van der Waals surface area contributed by atoms with Crippen molar-refractivity contribution in [2.75, 3.05) is 13.1 Å². The Morgan fingerprint density at radius 1 is 0.621 bits per heavy atom. The number of nitrogens with one attached hydrogen (secondary N) is 1. The van der Waals surface area contributed by atoms with Crippen molar-refractivity contribution in [3.63, 3.8) is 0 Å². The molecule has 8 nitrogen and oxygen atoms in total. The van der Waals surface area contributed by atoms with E-state index in [1.807, 2.05) is 0 Å². The summed E-state index contributed by atoms with van der Waals surface area (Å²) in [5.74, 6) is -7.37. The van der Waals surface area contributed by atoms with Gasteiger partial charge in [-0.3, -0.25) is 0 Å². The molecule has 1 fully saturated rings. The third-order valence-corrected chi connectivity index (χ3v) is 8.82. The number of hydrogen-bond donors (Lipinski definition) is 1. The Kier molecular flexibility index (Phi) is 6.66. The van der Waals surface area contributed by atoms with E-state index in [2.05, 4.69) is 0 Å². The van der Waals surface area contributed by atoms with Crippen molar-refractivity contribution >= 4 is 30.1 Å². The fourth-order valence-electron chi connectivity index (χ4n) is 2.01. The molecule has 0 saturated carbocycles. The van der Waals surface area contributed by atoms with Crippen LogP contribution >= 0.6 is 0 Å². The predicted molar refractivity (Wildman–Crippen MR) is 76.2 cm³/mol. The summed E-state index contributed by atoms with van der Waals surface area (Å²) in [7, 11) is -21.6. The third-order valence-electron chi connectivity index (χ3n) is 3.57. The first kappa shape index (κ1) is 26.2. The number of nitrogens with zero attached hydrogens (tertiary/aromatic N) is 1. The number of alkyl halides is 9. The lowest BCUT2D eigenvalue weighted by Gasteiger charge is -2.35. The van der Waals surface area contributed by atoms with E-state index >= 15 is 0 Å². The number of hydrogen-bond acceptors (Lipinski definition) is 6. The lowest BCUT2D eigenvalue weighted by Crippen LogP contribution is -2.65. The van der Waals surface area contributed by atoms with Gasteiger partial charge in [-0.2, -0.15) is 43.8 Å². The van der Waals surface area contributed by atoms with E-state index < -0.39 is 69.2 Å². The summed E-state index contributed by atoms with van der Waals surface area (Å²) in [5, 5.41) is -14.1. The van der Waals surface area contributed by atoms with E-state index in [0.717, 1.165) is 0 Å². The molecule has 29 heavy (non-hydrogen) atoms. The summed E-state index contributed by atoms with van der Waals surface area (Å²) in [6, 6.07) is 0. The van der Waals surface area contributed by atoms with Crippen molar-refractivity contribution in [3.05, 3.63) is 0 Å². The molecular weight excluding hydrogens is 499 g/mol. The molecule has 0 aromatic rings. The second-order valence-corrected chi connectivity index (χ2v) is 11.2. The first-order chi connectivity index (χ1) is 12.6. The first-order valence-electron chi connectivity index (χ1n) is 7.04. The molecule has 0 spiro atoms. The normalized spacial score (nSPS) is 19.3. The highest BCUT2D eigenvalue weighted by Crippen LogP contribution is 2.51. The van der Waals surface area contributed by atoms with Gasteiger partial charge in [-0.25, -0.2) is 25.3 Å². The minimum absolute atomic E-state index is 0.124. The molecule has 0 amide bonds. The second-order valence-electron chi connectivity index (χ2n) is 5.61. The van der Waals surface area contributed by atoms with Crippen LogP contribution in [0, 0.1) is 0 Å². The molecule has 1 rings (SSSR count). The molecule has 1 aliphatic heterocycles. The molecule has 0 bridgehead atoms. The average molecular weight is 510 g/mol. The summed E-state index contributed by atoms with van der Waals surface area (Å²) >= 11 is 0. The van der Waals surface area contributed by atoms with Gasteiger partial charge in [0.2, 0.25) is 0 Å². The standard InChI is InChI=1S/C9H11F9N2O6S3/c10-6(11,8(14,15)29(25,26)20-4-2-1-3-5-20)7(12,13)27(21,22)19-28(23,24)9(16,17)18/h19H,1-5H2. The van der Waals surface area contributed by atoms with Crippen molar-refractivity contribution in [2.24, 2.45) is 0 Å². The van der Waals surface area contributed by atoms with E-state index in [1.54, 1.807) is 0 Å². The second kappa shape index (κ2) is 7.38. The summed E-state index contributed by atoms with van der Waals surface area (Å²) in [6.45, 7) is -1.60. The van der Waals surface area contributed by atoms with Crippen molar-refractivity contribution in [1.29, 1.82) is 0 Å². The Morgan fingerprint density at radius 2 is 1.03 bits per heavy atom. The van der Waals surface area contributed by atoms with Crippen molar-refractivity contribution in [1.82, 2.24) is 8.43 Å². The van der Waals surface area contributed by atoms with E-state index in [4.69, 9.17) is 0 Å². The Morgan fingerprint density at radius 3 is 1.41 bits per heavy atom. The zero-order valence-electron chi connectivity index (χ0n) is 13.6. The average Bonchev–Trinajstić information content (AvgIpc) is 2.52. The van der Waals surface area contributed by atoms with Crippen LogP contribution in [-0.2, 0) is 30.1 Å². The van der Waals surface area contributed by atoms with Crippen molar-refractivity contribution in [3.8, 4) is 0 Å². The minimum atomic E-state index is -7.74. The highest BCUT2D eigenvalue weighted by Gasteiger charge is 2.83. The highest BCUT2D eigenvalue weighted by molar-refractivity contribution is 8.05. The smallest absolute Gasteiger partial charge is 0.206 e. The number of piperidine rings is 1. The summed E-state index contributed by atoms with van der Waals surface area (Å²) in [4.78, 5) is 0. The monoisotopic (exact) mass is 510 g/mol. The molecule has 0 aromatic carbocycles. The van der Waals surface area contributed by atoms with Crippen molar-refractivity contribution < 1.29 is 64.8 Å². The SMILES string of the molecule is O=S(=O)(NS(=O)(=O)C(F)(F)C(F)(F)C(F)(F)S(=O)(=O)N1CCCCC1)C(F)(F)F. The molecule has 0 unspecified atom stereocenters. The number of rotatable bonds is 7. The van der Waals surface area contributed by atoms with Gasteiger partial charge in [0.25, 0.3) is 20.0 Å². The van der Waals surface area contributed by atoms with Gasteiger partial charge in [0.1, 0.15) is 0 Å². The van der Waals surface area contributed by atoms with E-state index in [9.17, 15) is 64.8 Å². The van der Waals surface area contributed by atoms with Crippen LogP contribution in [0.5, 0.6) is 0 Å². The van der Waals surface area contributed by atoms with Crippen LogP contribution in [0.1, 0.15) is 19.3 Å². The van der Waals surface area contributed by atoms with E-state index in [0.29, 0.717) is 0 Å². The fraction of sp³-hybridized carbons (Fsp3) is 1.00. The van der Waals surface area contributed by atoms with Crippen LogP contribution < -0.4 is 4.13 Å². The fourth-order valence-corrected chi connectivity index (χ4v) is 6.01. The Hall–Kier alpha value is -0.860. The molecular formula is C9H11F9N2O6S3. The molecule has 0 aromatic heterocycles. The largest absolute Gasteiger partial charge is 0.512 e. The third kappa shape index (κ3) is 4.17. The van der Waals surface area contributed by atoms with Gasteiger partial charge in [-0.1, -0.05) is 10.5 Å². The van der Waals surface area contributed by atoms with Gasteiger partial charge < -0.3 is 0 Å². The minimum Gasteiger partial charge on any atom is -0.206 e. The van der Waals surface area contributed by atoms with Crippen LogP contribution in [0.3, 0.4) is 0 Å². The predicted octanol–water partition coefficient (Wildman–Crippen LogP) is 1.39.